The number of ether oxygens (including phenoxy) is 2. The van der Waals surface area contributed by atoms with E-state index in [0.717, 1.165) is 5.56 Å². The number of hydrogen-bond acceptors (Lipinski definition) is 7. The van der Waals surface area contributed by atoms with Crippen molar-refractivity contribution in [2.45, 2.75) is 20.1 Å². The van der Waals surface area contributed by atoms with Crippen LogP contribution in [0.3, 0.4) is 0 Å². The molecule has 0 saturated carbocycles. The summed E-state index contributed by atoms with van der Waals surface area (Å²) in [7, 11) is 1.49. The fraction of sp³-hybridized carbons (Fsp3) is 0.200. The van der Waals surface area contributed by atoms with Crippen LogP contribution < -0.4 is 14.8 Å². The van der Waals surface area contributed by atoms with Crippen molar-refractivity contribution in [1.82, 2.24) is 15.5 Å². The van der Waals surface area contributed by atoms with Gasteiger partial charge in [0.05, 0.1) is 7.11 Å². The number of pyridine rings is 1. The summed E-state index contributed by atoms with van der Waals surface area (Å²) < 4.78 is 16.1. The van der Waals surface area contributed by atoms with Gasteiger partial charge in [-0.05, 0) is 36.8 Å². The number of amides is 1. The van der Waals surface area contributed by atoms with E-state index >= 15 is 0 Å². The number of methoxy groups -OCH3 is 1. The predicted molar refractivity (Wildman–Crippen MR) is 99.2 cm³/mol. The highest BCUT2D eigenvalue weighted by Gasteiger charge is 2.14. The highest BCUT2D eigenvalue weighted by atomic mass is 16.5. The summed E-state index contributed by atoms with van der Waals surface area (Å²) in [5.41, 5.74) is 1.56. The molecule has 3 rings (SSSR count). The van der Waals surface area contributed by atoms with Gasteiger partial charge in [0.25, 0.3) is 5.91 Å². The molecule has 0 saturated heterocycles. The van der Waals surface area contributed by atoms with Crippen LogP contribution in [-0.4, -0.2) is 28.9 Å². The minimum Gasteiger partial charge on any atom is -0.493 e. The van der Waals surface area contributed by atoms with Gasteiger partial charge in [-0.1, -0.05) is 11.2 Å². The second-order valence-corrected chi connectivity index (χ2v) is 5.93. The van der Waals surface area contributed by atoms with Gasteiger partial charge in [-0.25, -0.2) is 0 Å². The molecule has 3 aromatic rings. The van der Waals surface area contributed by atoms with E-state index in [9.17, 15) is 9.59 Å². The van der Waals surface area contributed by atoms with Crippen molar-refractivity contribution < 1.29 is 23.6 Å². The van der Waals surface area contributed by atoms with E-state index in [-0.39, 0.29) is 24.0 Å². The molecule has 2 aromatic heterocycles. The summed E-state index contributed by atoms with van der Waals surface area (Å²) >= 11 is 0. The topological polar surface area (TPSA) is 104 Å². The highest BCUT2D eigenvalue weighted by molar-refractivity contribution is 5.94. The number of Topliss-reactive ketones (excluding diaryl/α,β-unsaturated/α-hetero) is 1. The average Bonchev–Trinajstić information content (AvgIpc) is 3.20. The summed E-state index contributed by atoms with van der Waals surface area (Å²) in [6.45, 7) is 1.87. The number of aromatic nitrogens is 2. The number of nitrogens with one attached hydrogen (secondary N) is 1. The Balaban J connectivity index is 1.59. The molecule has 28 heavy (non-hydrogen) atoms. The predicted octanol–water partition coefficient (Wildman–Crippen LogP) is 2.79. The van der Waals surface area contributed by atoms with Crippen molar-refractivity contribution in [2.24, 2.45) is 0 Å². The van der Waals surface area contributed by atoms with Crippen LogP contribution in [-0.2, 0) is 13.2 Å². The van der Waals surface area contributed by atoms with Gasteiger partial charge in [0, 0.05) is 30.6 Å². The number of hydrogen-bond donors (Lipinski definition) is 1. The molecule has 0 bridgehead atoms. The van der Waals surface area contributed by atoms with Gasteiger partial charge >= 0.3 is 0 Å². The first-order valence-electron chi connectivity index (χ1n) is 8.51. The van der Waals surface area contributed by atoms with Gasteiger partial charge in [-0.2, -0.15) is 0 Å². The average molecular weight is 381 g/mol. The lowest BCUT2D eigenvalue weighted by atomic mass is 10.1. The number of nitrogens with zero attached hydrogens (tertiary/aromatic N) is 2. The Bertz CT molecular complexity index is 969. The molecule has 0 atom stereocenters. The Morgan fingerprint density at radius 1 is 1.18 bits per heavy atom. The molecule has 8 heteroatoms. The summed E-state index contributed by atoms with van der Waals surface area (Å²) in [6.07, 6.45) is 3.34. The monoisotopic (exact) mass is 381 g/mol. The molecule has 8 nitrogen and oxygen atoms in total. The first kappa shape index (κ1) is 19.1. The molecule has 0 aliphatic carbocycles. The number of benzene rings is 1. The molecule has 0 radical (unpaired) electrons. The van der Waals surface area contributed by atoms with Crippen molar-refractivity contribution in [3.8, 4) is 11.5 Å². The fourth-order valence-electron chi connectivity index (χ4n) is 2.42. The smallest absolute Gasteiger partial charge is 0.273 e. The highest BCUT2D eigenvalue weighted by Crippen LogP contribution is 2.29. The number of rotatable bonds is 8. The quantitative estimate of drug-likeness (QED) is 0.598. The molecule has 1 amide bonds. The van der Waals surface area contributed by atoms with Gasteiger partial charge in [0.2, 0.25) is 0 Å². The first-order chi connectivity index (χ1) is 13.6. The Hall–Kier alpha value is -3.68. The third kappa shape index (κ3) is 4.73. The van der Waals surface area contributed by atoms with Gasteiger partial charge < -0.3 is 19.3 Å². The third-order valence-electron chi connectivity index (χ3n) is 3.91. The summed E-state index contributed by atoms with van der Waals surface area (Å²) in [4.78, 5) is 27.6. The van der Waals surface area contributed by atoms with Gasteiger partial charge in [0.1, 0.15) is 6.61 Å². The fourth-order valence-corrected chi connectivity index (χ4v) is 2.42. The Morgan fingerprint density at radius 3 is 2.75 bits per heavy atom. The van der Waals surface area contributed by atoms with Crippen LogP contribution in [0.25, 0.3) is 0 Å². The largest absolute Gasteiger partial charge is 0.493 e. The van der Waals surface area contributed by atoms with E-state index in [1.54, 1.807) is 36.7 Å². The molecule has 0 fully saturated rings. The van der Waals surface area contributed by atoms with Gasteiger partial charge in [-0.15, -0.1) is 0 Å². The van der Waals surface area contributed by atoms with E-state index in [0.29, 0.717) is 29.4 Å². The molecule has 0 aliphatic heterocycles. The molecule has 0 unspecified atom stereocenters. The molecule has 1 N–H and O–H groups in total. The van der Waals surface area contributed by atoms with E-state index in [4.69, 9.17) is 14.0 Å². The third-order valence-corrected chi connectivity index (χ3v) is 3.91. The zero-order chi connectivity index (χ0) is 19.9. The maximum Gasteiger partial charge on any atom is 0.273 e. The number of carbonyl (C=O) groups excluding carboxylic acids is 2. The van der Waals surface area contributed by atoms with Crippen LogP contribution in [0, 0.1) is 0 Å². The first-order valence-corrected chi connectivity index (χ1v) is 8.51. The maximum absolute atomic E-state index is 12.2. The van der Waals surface area contributed by atoms with Crippen molar-refractivity contribution in [3.63, 3.8) is 0 Å². The zero-order valence-corrected chi connectivity index (χ0v) is 15.5. The van der Waals surface area contributed by atoms with Gasteiger partial charge in [-0.3, -0.25) is 14.6 Å². The van der Waals surface area contributed by atoms with Crippen molar-refractivity contribution in [1.29, 1.82) is 0 Å². The Morgan fingerprint density at radius 2 is 2.04 bits per heavy atom. The number of ketones is 1. The molecule has 0 aliphatic rings. The van der Waals surface area contributed by atoms with Gasteiger partial charge in [0.15, 0.2) is 28.7 Å². The summed E-state index contributed by atoms with van der Waals surface area (Å²) in [5, 5.41) is 6.51. The summed E-state index contributed by atoms with van der Waals surface area (Å²) in [5.74, 6) is 0.835. The van der Waals surface area contributed by atoms with E-state index in [2.05, 4.69) is 15.5 Å². The van der Waals surface area contributed by atoms with E-state index < -0.39 is 0 Å². The Kier molecular flexibility index (Phi) is 6.01. The molecular formula is C20H19N3O5. The van der Waals surface area contributed by atoms with Crippen LogP contribution in [0.1, 0.15) is 39.1 Å². The molecule has 144 valence electrons. The molecule has 0 spiro atoms. The zero-order valence-electron chi connectivity index (χ0n) is 15.5. The Labute approximate surface area is 161 Å². The SMILES string of the molecule is COc1cc(C(C)=O)ccc1OCc1cc(C(=O)NCc2cccnc2)no1. The molecular weight excluding hydrogens is 362 g/mol. The second-order valence-electron chi connectivity index (χ2n) is 5.93. The van der Waals surface area contributed by atoms with Crippen LogP contribution >= 0.6 is 0 Å². The van der Waals surface area contributed by atoms with Crippen molar-refractivity contribution >= 4 is 11.7 Å². The minimum atomic E-state index is -0.359. The molecule has 2 heterocycles. The second kappa shape index (κ2) is 8.81. The van der Waals surface area contributed by atoms with E-state index in [1.807, 2.05) is 6.07 Å². The van der Waals surface area contributed by atoms with Crippen LogP contribution in [0.2, 0.25) is 0 Å². The summed E-state index contributed by atoms with van der Waals surface area (Å²) in [6, 6.07) is 10.1. The van der Waals surface area contributed by atoms with Crippen LogP contribution in [0.5, 0.6) is 11.5 Å². The minimum absolute atomic E-state index is 0.0542. The lowest BCUT2D eigenvalue weighted by Gasteiger charge is -2.10. The van der Waals surface area contributed by atoms with Crippen molar-refractivity contribution in [3.05, 3.63) is 71.4 Å². The lowest BCUT2D eigenvalue weighted by Crippen LogP contribution is -2.23. The normalized spacial score (nSPS) is 10.4. The molecule has 1 aromatic carbocycles. The van der Waals surface area contributed by atoms with Crippen LogP contribution in [0.4, 0.5) is 0 Å². The van der Waals surface area contributed by atoms with E-state index in [1.165, 1.54) is 20.1 Å². The number of carbonyl (C=O) groups is 2. The standard InChI is InChI=1S/C20H19N3O5/c1-13(24)15-5-6-18(19(8-15)26-2)27-12-16-9-17(23-28-16)20(25)22-11-14-4-3-7-21-10-14/h3-10H,11-12H2,1-2H3,(H,22,25). The maximum atomic E-state index is 12.2. The lowest BCUT2D eigenvalue weighted by molar-refractivity contribution is 0.0940. The van der Waals surface area contributed by atoms with Crippen molar-refractivity contribution in [2.75, 3.05) is 7.11 Å². The van der Waals surface area contributed by atoms with Crippen LogP contribution in [0.15, 0.2) is 53.3 Å².